The number of carbonyl (C=O) groups is 1. The Kier molecular flexibility index (Phi) is 4.62. The summed E-state index contributed by atoms with van der Waals surface area (Å²) < 4.78 is 4.87. The maximum atomic E-state index is 11.1. The molecule has 0 amide bonds. The van der Waals surface area contributed by atoms with Gasteiger partial charge in [-0.15, -0.1) is 11.3 Å². The summed E-state index contributed by atoms with van der Waals surface area (Å²) in [5.41, 5.74) is 0. The van der Waals surface area contributed by atoms with Crippen molar-refractivity contribution in [1.29, 1.82) is 0 Å². The zero-order chi connectivity index (χ0) is 10.4. The molecule has 0 saturated heterocycles. The van der Waals surface area contributed by atoms with Crippen LogP contribution in [0.5, 0.6) is 0 Å². The molecule has 1 heterocycles. The van der Waals surface area contributed by atoms with Crippen LogP contribution in [0.3, 0.4) is 0 Å². The molecule has 1 aromatic heterocycles. The number of aliphatic hydroxyl groups excluding tert-OH is 1. The summed E-state index contributed by atoms with van der Waals surface area (Å²) in [5, 5.41) is 11.5. The fourth-order valence-corrected chi connectivity index (χ4v) is 1.73. The van der Waals surface area contributed by atoms with Crippen molar-refractivity contribution >= 4 is 17.3 Å². The fourth-order valence-electron chi connectivity index (χ4n) is 1.01. The number of aliphatic hydroxyl groups is 1. The third kappa shape index (κ3) is 3.47. The number of ether oxygens (including phenoxy) is 1. The van der Waals surface area contributed by atoms with E-state index in [-0.39, 0.29) is 12.4 Å². The van der Waals surface area contributed by atoms with Crippen LogP contribution in [0.4, 0.5) is 0 Å². The van der Waals surface area contributed by atoms with E-state index in [0.717, 1.165) is 11.3 Å². The molecule has 0 bridgehead atoms. The van der Waals surface area contributed by atoms with E-state index in [9.17, 15) is 9.90 Å². The summed E-state index contributed by atoms with van der Waals surface area (Å²) in [6.07, 6.45) is 0.126. The lowest BCUT2D eigenvalue weighted by atomic mass is 10.2. The summed E-state index contributed by atoms with van der Waals surface area (Å²) in [4.78, 5) is 11.9. The molecule has 1 aromatic rings. The molecule has 0 aliphatic rings. The number of esters is 1. The maximum Gasteiger partial charge on any atom is 0.308 e. The fraction of sp³-hybridized carbons (Fsp3) is 0.500. The molecule has 4 heteroatoms. The quantitative estimate of drug-likeness (QED) is 0.764. The highest BCUT2D eigenvalue weighted by Crippen LogP contribution is 2.21. The Morgan fingerprint density at radius 3 is 3.07 bits per heavy atom. The van der Waals surface area contributed by atoms with E-state index >= 15 is 0 Å². The second-order valence-corrected chi connectivity index (χ2v) is 3.94. The van der Waals surface area contributed by atoms with E-state index in [4.69, 9.17) is 4.74 Å². The Morgan fingerprint density at radius 1 is 1.71 bits per heavy atom. The zero-order valence-corrected chi connectivity index (χ0v) is 8.92. The summed E-state index contributed by atoms with van der Waals surface area (Å²) in [6, 6.07) is 3.66. The SMILES string of the molecule is CCCOC(=O)C[C@H](O)c1cccs1. The van der Waals surface area contributed by atoms with Crippen LogP contribution < -0.4 is 0 Å². The molecule has 1 rings (SSSR count). The van der Waals surface area contributed by atoms with Crippen LogP contribution in [-0.2, 0) is 9.53 Å². The van der Waals surface area contributed by atoms with E-state index in [1.54, 1.807) is 0 Å². The first kappa shape index (κ1) is 11.2. The van der Waals surface area contributed by atoms with Crippen molar-refractivity contribution in [1.82, 2.24) is 0 Å². The van der Waals surface area contributed by atoms with Gasteiger partial charge >= 0.3 is 5.97 Å². The lowest BCUT2D eigenvalue weighted by Gasteiger charge is -2.07. The van der Waals surface area contributed by atoms with Crippen molar-refractivity contribution in [3.8, 4) is 0 Å². The average molecular weight is 214 g/mol. The third-order valence-corrected chi connectivity index (χ3v) is 2.67. The predicted molar refractivity (Wildman–Crippen MR) is 55.1 cm³/mol. The maximum absolute atomic E-state index is 11.1. The molecule has 0 aromatic carbocycles. The molecule has 0 saturated carbocycles. The van der Waals surface area contributed by atoms with E-state index in [1.807, 2.05) is 24.4 Å². The van der Waals surface area contributed by atoms with E-state index in [0.29, 0.717) is 6.61 Å². The van der Waals surface area contributed by atoms with E-state index < -0.39 is 6.10 Å². The zero-order valence-electron chi connectivity index (χ0n) is 8.10. The van der Waals surface area contributed by atoms with Gasteiger partial charge in [0.2, 0.25) is 0 Å². The molecule has 0 fully saturated rings. The summed E-state index contributed by atoms with van der Waals surface area (Å²) in [7, 11) is 0. The van der Waals surface area contributed by atoms with Crippen LogP contribution >= 0.6 is 11.3 Å². The summed E-state index contributed by atoms with van der Waals surface area (Å²) in [6.45, 7) is 2.36. The van der Waals surface area contributed by atoms with Gasteiger partial charge < -0.3 is 9.84 Å². The molecule has 3 nitrogen and oxygen atoms in total. The summed E-state index contributed by atoms with van der Waals surface area (Å²) >= 11 is 1.44. The molecule has 0 aliphatic carbocycles. The van der Waals surface area contributed by atoms with Crippen molar-refractivity contribution in [3.63, 3.8) is 0 Å². The Bertz CT molecular complexity index is 269. The van der Waals surface area contributed by atoms with Gasteiger partial charge in [-0.2, -0.15) is 0 Å². The molecular formula is C10H14O3S. The van der Waals surface area contributed by atoms with Crippen molar-refractivity contribution < 1.29 is 14.6 Å². The lowest BCUT2D eigenvalue weighted by molar-refractivity contribution is -0.145. The molecule has 0 radical (unpaired) electrons. The van der Waals surface area contributed by atoms with Gasteiger partial charge in [-0.3, -0.25) is 4.79 Å². The van der Waals surface area contributed by atoms with Gasteiger partial charge in [0.1, 0.15) is 0 Å². The Balaban J connectivity index is 2.33. The van der Waals surface area contributed by atoms with Crippen molar-refractivity contribution in [3.05, 3.63) is 22.4 Å². The second-order valence-electron chi connectivity index (χ2n) is 2.96. The molecule has 14 heavy (non-hydrogen) atoms. The normalized spacial score (nSPS) is 12.4. The first-order valence-corrected chi connectivity index (χ1v) is 5.49. The summed E-state index contributed by atoms with van der Waals surface area (Å²) in [5.74, 6) is -0.340. The third-order valence-electron chi connectivity index (χ3n) is 1.70. The minimum Gasteiger partial charge on any atom is -0.466 e. The monoisotopic (exact) mass is 214 g/mol. The number of carbonyl (C=O) groups excluding carboxylic acids is 1. The highest BCUT2D eigenvalue weighted by molar-refractivity contribution is 7.10. The van der Waals surface area contributed by atoms with Crippen LogP contribution in [0.15, 0.2) is 17.5 Å². The van der Waals surface area contributed by atoms with Gasteiger partial charge in [0.15, 0.2) is 0 Å². The molecule has 0 spiro atoms. The van der Waals surface area contributed by atoms with Gasteiger partial charge in [0.25, 0.3) is 0 Å². The van der Waals surface area contributed by atoms with Crippen LogP contribution in [0.2, 0.25) is 0 Å². The highest BCUT2D eigenvalue weighted by Gasteiger charge is 2.14. The molecule has 78 valence electrons. The Morgan fingerprint density at radius 2 is 2.50 bits per heavy atom. The number of rotatable bonds is 5. The van der Waals surface area contributed by atoms with Gasteiger partial charge in [-0.25, -0.2) is 0 Å². The number of thiophene rings is 1. The topological polar surface area (TPSA) is 46.5 Å². The smallest absolute Gasteiger partial charge is 0.308 e. The molecule has 1 atom stereocenters. The van der Waals surface area contributed by atoms with Crippen LogP contribution in [0, 0.1) is 0 Å². The highest BCUT2D eigenvalue weighted by atomic mass is 32.1. The van der Waals surface area contributed by atoms with E-state index in [1.165, 1.54) is 11.3 Å². The predicted octanol–water partition coefficient (Wildman–Crippen LogP) is 2.12. The Hall–Kier alpha value is -0.870. The largest absolute Gasteiger partial charge is 0.466 e. The molecule has 1 N–H and O–H groups in total. The van der Waals surface area contributed by atoms with Crippen LogP contribution in [0.25, 0.3) is 0 Å². The van der Waals surface area contributed by atoms with Crippen molar-refractivity contribution in [2.75, 3.05) is 6.61 Å². The first-order valence-electron chi connectivity index (χ1n) is 4.61. The Labute approximate surface area is 87.3 Å². The van der Waals surface area contributed by atoms with Crippen molar-refractivity contribution in [2.24, 2.45) is 0 Å². The van der Waals surface area contributed by atoms with Crippen LogP contribution in [0.1, 0.15) is 30.7 Å². The van der Waals surface area contributed by atoms with Crippen LogP contribution in [-0.4, -0.2) is 17.7 Å². The van der Waals surface area contributed by atoms with Crippen molar-refractivity contribution in [2.45, 2.75) is 25.9 Å². The lowest BCUT2D eigenvalue weighted by Crippen LogP contribution is -2.09. The molecular weight excluding hydrogens is 200 g/mol. The molecule has 0 aliphatic heterocycles. The van der Waals surface area contributed by atoms with Gasteiger partial charge in [0.05, 0.1) is 19.1 Å². The minimum atomic E-state index is -0.723. The second kappa shape index (κ2) is 5.78. The first-order chi connectivity index (χ1) is 6.74. The van der Waals surface area contributed by atoms with E-state index in [2.05, 4.69) is 0 Å². The van der Waals surface area contributed by atoms with Gasteiger partial charge in [-0.1, -0.05) is 13.0 Å². The minimum absolute atomic E-state index is 0.0422. The number of hydrogen-bond acceptors (Lipinski definition) is 4. The molecule has 0 unspecified atom stereocenters. The number of hydrogen-bond donors (Lipinski definition) is 1. The standard InChI is InChI=1S/C10H14O3S/c1-2-5-13-10(12)7-8(11)9-4-3-6-14-9/h3-4,6,8,11H,2,5,7H2,1H3/t8-/m0/s1. The average Bonchev–Trinajstić information content (AvgIpc) is 2.67. The van der Waals surface area contributed by atoms with Gasteiger partial charge in [-0.05, 0) is 17.9 Å². The van der Waals surface area contributed by atoms with Gasteiger partial charge in [0, 0.05) is 4.88 Å².